The van der Waals surface area contributed by atoms with Gasteiger partial charge in [0.1, 0.15) is 0 Å². The lowest BCUT2D eigenvalue weighted by Crippen LogP contribution is -2.43. The summed E-state index contributed by atoms with van der Waals surface area (Å²) in [6.07, 6.45) is -6.20. The van der Waals surface area contributed by atoms with Gasteiger partial charge in [0.2, 0.25) is 0 Å². The molecule has 3 atom stereocenters. The standard InChI is InChI=1S/C28H33F6NO2/c1-18(2)13-14-35(17-19-3-8-22(9-4-19)27(29,30)31)25-12-5-20(16-26(36)37)15-24(25)21-6-10-23(11-7-21)28(32,33)34/h3-4,6-11,18,20,24-25H,5,12-17H2,1-2H3,(H,36,37)/t20-,24+,25+/m0/s1. The highest BCUT2D eigenvalue weighted by Gasteiger charge is 2.37. The average Bonchev–Trinajstić information content (AvgIpc) is 2.80. The molecule has 0 saturated heterocycles. The Kier molecular flexibility index (Phi) is 9.32. The van der Waals surface area contributed by atoms with Crippen LogP contribution in [0, 0.1) is 11.8 Å². The molecule has 0 bridgehead atoms. The number of alkyl halides is 6. The van der Waals surface area contributed by atoms with Crippen LogP contribution in [0.5, 0.6) is 0 Å². The predicted molar refractivity (Wildman–Crippen MR) is 129 cm³/mol. The van der Waals surface area contributed by atoms with Crippen LogP contribution in [-0.2, 0) is 23.7 Å². The lowest BCUT2D eigenvalue weighted by Gasteiger charge is -2.43. The highest BCUT2D eigenvalue weighted by molar-refractivity contribution is 5.67. The lowest BCUT2D eigenvalue weighted by molar-refractivity contribution is -0.139. The number of benzene rings is 2. The van der Waals surface area contributed by atoms with Crippen molar-refractivity contribution in [1.82, 2.24) is 4.90 Å². The summed E-state index contributed by atoms with van der Waals surface area (Å²) in [6.45, 7) is 5.22. The normalized spacial score (nSPS) is 21.0. The van der Waals surface area contributed by atoms with Crippen LogP contribution in [0.3, 0.4) is 0 Å². The van der Waals surface area contributed by atoms with Crippen LogP contribution in [0.2, 0.25) is 0 Å². The molecule has 0 unspecified atom stereocenters. The minimum absolute atomic E-state index is 0.00521. The third-order valence-electron chi connectivity index (χ3n) is 7.18. The third-order valence-corrected chi connectivity index (χ3v) is 7.18. The molecule has 0 heterocycles. The number of hydrogen-bond acceptors (Lipinski definition) is 2. The zero-order valence-corrected chi connectivity index (χ0v) is 20.9. The Morgan fingerprint density at radius 3 is 1.95 bits per heavy atom. The zero-order valence-electron chi connectivity index (χ0n) is 20.9. The number of nitrogens with zero attached hydrogens (tertiary/aromatic N) is 1. The average molecular weight is 530 g/mol. The topological polar surface area (TPSA) is 40.5 Å². The smallest absolute Gasteiger partial charge is 0.416 e. The predicted octanol–water partition coefficient (Wildman–Crippen LogP) is 8.00. The first-order chi connectivity index (χ1) is 17.2. The van der Waals surface area contributed by atoms with Gasteiger partial charge in [-0.25, -0.2) is 0 Å². The largest absolute Gasteiger partial charge is 0.481 e. The summed E-state index contributed by atoms with van der Waals surface area (Å²) in [7, 11) is 0. The monoisotopic (exact) mass is 529 g/mol. The third kappa shape index (κ3) is 8.22. The fraction of sp³-hybridized carbons (Fsp3) is 0.536. The van der Waals surface area contributed by atoms with Crippen molar-refractivity contribution in [2.24, 2.45) is 11.8 Å². The SMILES string of the molecule is CC(C)CCN(Cc1ccc(C(F)(F)F)cc1)[C@@H]1CC[C@H](CC(=O)O)C[C@@H]1c1ccc(C(F)(F)F)cc1. The van der Waals surface area contributed by atoms with Crippen LogP contribution >= 0.6 is 0 Å². The number of halogens is 6. The maximum atomic E-state index is 13.1. The summed E-state index contributed by atoms with van der Waals surface area (Å²) in [5, 5.41) is 9.33. The minimum atomic E-state index is -4.46. The molecule has 0 amide bonds. The molecule has 9 heteroatoms. The molecule has 1 N–H and O–H groups in total. The molecule has 3 rings (SSSR count). The highest BCUT2D eigenvalue weighted by Crippen LogP contribution is 2.42. The molecule has 204 valence electrons. The van der Waals surface area contributed by atoms with E-state index in [1.54, 1.807) is 0 Å². The van der Waals surface area contributed by atoms with E-state index in [-0.39, 0.29) is 24.3 Å². The van der Waals surface area contributed by atoms with E-state index in [1.807, 2.05) is 0 Å². The van der Waals surface area contributed by atoms with Crippen molar-refractivity contribution in [3.05, 3.63) is 70.8 Å². The Hall–Kier alpha value is -2.55. The van der Waals surface area contributed by atoms with Gasteiger partial charge in [-0.1, -0.05) is 38.1 Å². The van der Waals surface area contributed by atoms with Gasteiger partial charge in [-0.15, -0.1) is 0 Å². The van der Waals surface area contributed by atoms with Gasteiger partial charge < -0.3 is 5.11 Å². The molecule has 2 aromatic carbocycles. The van der Waals surface area contributed by atoms with Crippen molar-refractivity contribution in [1.29, 1.82) is 0 Å². The first-order valence-electron chi connectivity index (χ1n) is 12.5. The van der Waals surface area contributed by atoms with Gasteiger partial charge in [0.05, 0.1) is 11.1 Å². The molecule has 1 aliphatic carbocycles. The second-order valence-electron chi connectivity index (χ2n) is 10.4. The molecule has 0 radical (unpaired) electrons. The number of hydrogen-bond donors (Lipinski definition) is 1. The molecule has 1 fully saturated rings. The second kappa shape index (κ2) is 11.9. The lowest BCUT2D eigenvalue weighted by atomic mass is 9.72. The Morgan fingerprint density at radius 2 is 1.46 bits per heavy atom. The molecule has 0 aromatic heterocycles. The van der Waals surface area contributed by atoms with Crippen LogP contribution in [0.4, 0.5) is 26.3 Å². The summed E-state index contributed by atoms with van der Waals surface area (Å²) >= 11 is 0. The fourth-order valence-corrected chi connectivity index (χ4v) is 5.21. The van der Waals surface area contributed by atoms with E-state index >= 15 is 0 Å². The van der Waals surface area contributed by atoms with E-state index in [0.717, 1.165) is 41.8 Å². The highest BCUT2D eigenvalue weighted by atomic mass is 19.4. The van der Waals surface area contributed by atoms with Crippen LogP contribution in [0.25, 0.3) is 0 Å². The number of carbonyl (C=O) groups is 1. The summed E-state index contributed by atoms with van der Waals surface area (Å²) in [4.78, 5) is 13.6. The van der Waals surface area contributed by atoms with E-state index in [2.05, 4.69) is 18.7 Å². The van der Waals surface area contributed by atoms with Crippen molar-refractivity contribution in [3.63, 3.8) is 0 Å². The Labute approximate surface area is 213 Å². The van der Waals surface area contributed by atoms with Gasteiger partial charge in [-0.05, 0) is 85.4 Å². The molecular weight excluding hydrogens is 496 g/mol. The maximum absolute atomic E-state index is 13.1. The van der Waals surface area contributed by atoms with Crippen molar-refractivity contribution < 1.29 is 36.2 Å². The number of carboxylic acids is 1. The summed E-state index contributed by atoms with van der Waals surface area (Å²) < 4.78 is 78.5. The molecule has 0 spiro atoms. The van der Waals surface area contributed by atoms with Gasteiger partial charge in [0.15, 0.2) is 0 Å². The number of aliphatic carboxylic acids is 1. The van der Waals surface area contributed by atoms with E-state index < -0.39 is 29.4 Å². The van der Waals surface area contributed by atoms with Crippen molar-refractivity contribution >= 4 is 5.97 Å². The van der Waals surface area contributed by atoms with E-state index in [4.69, 9.17) is 0 Å². The molecule has 2 aromatic rings. The van der Waals surface area contributed by atoms with Crippen molar-refractivity contribution in [2.45, 2.75) is 76.8 Å². The Bertz CT molecular complexity index is 1010. The molecule has 37 heavy (non-hydrogen) atoms. The first kappa shape index (κ1) is 29.0. The van der Waals surface area contributed by atoms with Crippen LogP contribution in [-0.4, -0.2) is 28.6 Å². The van der Waals surface area contributed by atoms with Crippen molar-refractivity contribution in [2.75, 3.05) is 6.54 Å². The molecule has 1 saturated carbocycles. The zero-order chi connectivity index (χ0) is 27.4. The van der Waals surface area contributed by atoms with Crippen LogP contribution in [0.15, 0.2) is 48.5 Å². The number of carboxylic acid groups (broad SMARTS) is 1. The molecule has 0 aliphatic heterocycles. The van der Waals surface area contributed by atoms with E-state index in [0.29, 0.717) is 38.3 Å². The van der Waals surface area contributed by atoms with Gasteiger partial charge in [0.25, 0.3) is 0 Å². The van der Waals surface area contributed by atoms with Gasteiger partial charge in [-0.2, -0.15) is 26.3 Å². The van der Waals surface area contributed by atoms with Crippen LogP contribution < -0.4 is 0 Å². The van der Waals surface area contributed by atoms with Crippen molar-refractivity contribution in [3.8, 4) is 0 Å². The quantitative estimate of drug-likeness (QED) is 0.335. The summed E-state index contributed by atoms with van der Waals surface area (Å²) in [6, 6.07) is 10.0. The Morgan fingerprint density at radius 1 is 0.919 bits per heavy atom. The summed E-state index contributed by atoms with van der Waals surface area (Å²) in [5.41, 5.74) is -0.0282. The molecule has 3 nitrogen and oxygen atoms in total. The Balaban J connectivity index is 1.92. The molecular formula is C28H33F6NO2. The second-order valence-corrected chi connectivity index (χ2v) is 10.4. The van der Waals surface area contributed by atoms with Gasteiger partial charge in [0, 0.05) is 19.0 Å². The van der Waals surface area contributed by atoms with E-state index in [9.17, 15) is 36.2 Å². The van der Waals surface area contributed by atoms with E-state index in [1.165, 1.54) is 24.3 Å². The minimum Gasteiger partial charge on any atom is -0.481 e. The summed E-state index contributed by atoms with van der Waals surface area (Å²) in [5.74, 6) is -0.819. The van der Waals surface area contributed by atoms with Gasteiger partial charge >= 0.3 is 18.3 Å². The maximum Gasteiger partial charge on any atom is 0.416 e. The number of rotatable bonds is 9. The van der Waals surface area contributed by atoms with Gasteiger partial charge in [-0.3, -0.25) is 9.69 Å². The first-order valence-corrected chi connectivity index (χ1v) is 12.5. The molecule has 1 aliphatic rings. The van der Waals surface area contributed by atoms with Crippen LogP contribution in [0.1, 0.15) is 74.1 Å². The fourth-order valence-electron chi connectivity index (χ4n) is 5.21.